The number of nitrogens with zero attached hydrogens (tertiary/aromatic N) is 1. The third kappa shape index (κ3) is 1.68. The largest absolute Gasteiger partial charge is 0.388 e. The Morgan fingerprint density at radius 2 is 2.07 bits per heavy atom. The zero-order valence-electron chi connectivity index (χ0n) is 8.77. The Bertz CT molecular complexity index is 322. The Hall–Kier alpha value is -0.860. The summed E-state index contributed by atoms with van der Waals surface area (Å²) in [5, 5.41) is 10.1. The molecule has 2 rings (SSSR count). The zero-order valence-corrected chi connectivity index (χ0v) is 8.77. The highest BCUT2D eigenvalue weighted by molar-refractivity contribution is 5.34. The molecule has 0 heterocycles. The normalized spacial score (nSPS) is 25.4. The molecule has 2 nitrogen and oxygen atoms in total. The fourth-order valence-corrected chi connectivity index (χ4v) is 2.29. The molecule has 1 aliphatic carbocycles. The lowest BCUT2D eigenvalue weighted by molar-refractivity contribution is 0.105. The highest BCUT2D eigenvalue weighted by Gasteiger charge is 2.30. The van der Waals surface area contributed by atoms with E-state index >= 15 is 0 Å². The molecule has 0 bridgehead atoms. The van der Waals surface area contributed by atoms with Crippen molar-refractivity contribution in [3.8, 4) is 0 Å². The summed E-state index contributed by atoms with van der Waals surface area (Å²) in [7, 11) is 4.10. The van der Waals surface area contributed by atoms with Crippen molar-refractivity contribution in [1.29, 1.82) is 0 Å². The average molecular weight is 191 g/mol. The topological polar surface area (TPSA) is 23.5 Å². The van der Waals surface area contributed by atoms with Crippen LogP contribution in [-0.4, -0.2) is 30.6 Å². The van der Waals surface area contributed by atoms with Gasteiger partial charge in [0.05, 0.1) is 6.10 Å². The van der Waals surface area contributed by atoms with Crippen LogP contribution >= 0.6 is 0 Å². The first kappa shape index (κ1) is 9.69. The van der Waals surface area contributed by atoms with Gasteiger partial charge in [0.1, 0.15) is 0 Å². The minimum absolute atomic E-state index is 0.270. The smallest absolute Gasteiger partial charge is 0.0836 e. The van der Waals surface area contributed by atoms with Crippen molar-refractivity contribution in [1.82, 2.24) is 4.90 Å². The number of rotatable bonds is 2. The van der Waals surface area contributed by atoms with Crippen LogP contribution in [0.4, 0.5) is 0 Å². The highest BCUT2D eigenvalue weighted by atomic mass is 16.3. The van der Waals surface area contributed by atoms with Crippen molar-refractivity contribution in [2.75, 3.05) is 20.6 Å². The van der Waals surface area contributed by atoms with Crippen molar-refractivity contribution < 1.29 is 5.11 Å². The van der Waals surface area contributed by atoms with Gasteiger partial charge in [0, 0.05) is 12.5 Å². The van der Waals surface area contributed by atoms with E-state index in [4.69, 9.17) is 0 Å². The summed E-state index contributed by atoms with van der Waals surface area (Å²) in [5.41, 5.74) is 2.44. The SMILES string of the molecule is CN(C)C[C@@H]1Cc2ccccc2[C@@H]1O. The molecule has 1 aliphatic rings. The summed E-state index contributed by atoms with van der Waals surface area (Å²) < 4.78 is 0. The van der Waals surface area contributed by atoms with Crippen molar-refractivity contribution in [3.05, 3.63) is 35.4 Å². The maximum atomic E-state index is 10.1. The second kappa shape index (κ2) is 3.71. The summed E-state index contributed by atoms with van der Waals surface area (Å²) in [6.45, 7) is 0.954. The van der Waals surface area contributed by atoms with E-state index in [1.165, 1.54) is 5.56 Å². The van der Waals surface area contributed by atoms with Gasteiger partial charge < -0.3 is 10.0 Å². The van der Waals surface area contributed by atoms with E-state index in [0.29, 0.717) is 5.92 Å². The molecule has 2 heteroatoms. The van der Waals surface area contributed by atoms with Crippen LogP contribution in [-0.2, 0) is 6.42 Å². The molecule has 0 aliphatic heterocycles. The molecule has 2 atom stereocenters. The second-order valence-corrected chi connectivity index (χ2v) is 4.37. The molecule has 76 valence electrons. The lowest BCUT2D eigenvalue weighted by Crippen LogP contribution is -2.24. The van der Waals surface area contributed by atoms with Crippen LogP contribution in [0.3, 0.4) is 0 Å². The summed E-state index contributed by atoms with van der Waals surface area (Å²) in [6, 6.07) is 8.20. The molecular weight excluding hydrogens is 174 g/mol. The molecule has 0 radical (unpaired) electrons. The van der Waals surface area contributed by atoms with E-state index in [-0.39, 0.29) is 6.10 Å². The van der Waals surface area contributed by atoms with Crippen LogP contribution < -0.4 is 0 Å². The molecule has 0 amide bonds. The molecule has 0 saturated heterocycles. The first-order valence-electron chi connectivity index (χ1n) is 5.09. The molecular formula is C12H17NO. The van der Waals surface area contributed by atoms with E-state index in [1.54, 1.807) is 0 Å². The second-order valence-electron chi connectivity index (χ2n) is 4.37. The van der Waals surface area contributed by atoms with Crippen molar-refractivity contribution in [3.63, 3.8) is 0 Å². The van der Waals surface area contributed by atoms with Gasteiger partial charge in [-0.05, 0) is 31.6 Å². The number of benzene rings is 1. The maximum Gasteiger partial charge on any atom is 0.0836 e. The number of aliphatic hydroxyl groups excluding tert-OH is 1. The van der Waals surface area contributed by atoms with Crippen molar-refractivity contribution in [2.45, 2.75) is 12.5 Å². The Labute approximate surface area is 85.2 Å². The van der Waals surface area contributed by atoms with Gasteiger partial charge in [0.2, 0.25) is 0 Å². The quantitative estimate of drug-likeness (QED) is 0.765. The predicted molar refractivity (Wildman–Crippen MR) is 57.1 cm³/mol. The Balaban J connectivity index is 2.17. The Kier molecular flexibility index (Phi) is 2.57. The maximum absolute atomic E-state index is 10.1. The van der Waals surface area contributed by atoms with Crippen LogP contribution in [0.25, 0.3) is 0 Å². The van der Waals surface area contributed by atoms with Gasteiger partial charge in [0.25, 0.3) is 0 Å². The molecule has 0 aromatic heterocycles. The third-order valence-electron chi connectivity index (χ3n) is 2.90. The van der Waals surface area contributed by atoms with E-state index in [2.05, 4.69) is 25.1 Å². The van der Waals surface area contributed by atoms with Crippen LogP contribution in [0.5, 0.6) is 0 Å². The summed E-state index contributed by atoms with van der Waals surface area (Å²) >= 11 is 0. The lowest BCUT2D eigenvalue weighted by atomic mass is 10.0. The zero-order chi connectivity index (χ0) is 10.1. The number of aliphatic hydroxyl groups is 1. The van der Waals surface area contributed by atoms with Crippen LogP contribution in [0.2, 0.25) is 0 Å². The predicted octanol–water partition coefficient (Wildman–Crippen LogP) is 1.45. The van der Waals surface area contributed by atoms with Gasteiger partial charge in [0.15, 0.2) is 0 Å². The van der Waals surface area contributed by atoms with Crippen molar-refractivity contribution >= 4 is 0 Å². The van der Waals surface area contributed by atoms with E-state index in [9.17, 15) is 5.11 Å². The fourth-order valence-electron chi connectivity index (χ4n) is 2.29. The van der Waals surface area contributed by atoms with Crippen LogP contribution in [0.15, 0.2) is 24.3 Å². The molecule has 1 aromatic carbocycles. The van der Waals surface area contributed by atoms with Gasteiger partial charge in [-0.25, -0.2) is 0 Å². The average Bonchev–Trinajstić information content (AvgIpc) is 2.44. The standard InChI is InChI=1S/C12H17NO/c1-13(2)8-10-7-9-5-3-4-6-11(9)12(10)14/h3-6,10,12,14H,7-8H2,1-2H3/t10-,12+/m0/s1. The summed E-state index contributed by atoms with van der Waals surface area (Å²) in [5.74, 6) is 0.363. The number of hydrogen-bond donors (Lipinski definition) is 1. The highest BCUT2D eigenvalue weighted by Crippen LogP contribution is 2.35. The molecule has 14 heavy (non-hydrogen) atoms. The van der Waals surface area contributed by atoms with Gasteiger partial charge in [-0.2, -0.15) is 0 Å². The minimum Gasteiger partial charge on any atom is -0.388 e. The van der Waals surface area contributed by atoms with E-state index < -0.39 is 0 Å². The first-order chi connectivity index (χ1) is 6.68. The van der Waals surface area contributed by atoms with E-state index in [1.807, 2.05) is 18.2 Å². The molecule has 1 aromatic rings. The molecule has 0 spiro atoms. The van der Waals surface area contributed by atoms with Gasteiger partial charge >= 0.3 is 0 Å². The van der Waals surface area contributed by atoms with Crippen LogP contribution in [0, 0.1) is 5.92 Å². The van der Waals surface area contributed by atoms with Gasteiger partial charge in [-0.1, -0.05) is 24.3 Å². The van der Waals surface area contributed by atoms with Gasteiger partial charge in [-0.3, -0.25) is 0 Å². The summed E-state index contributed by atoms with van der Waals surface area (Å²) in [4.78, 5) is 2.14. The van der Waals surface area contributed by atoms with E-state index in [0.717, 1.165) is 18.5 Å². The van der Waals surface area contributed by atoms with Crippen LogP contribution in [0.1, 0.15) is 17.2 Å². The molecule has 0 unspecified atom stereocenters. The lowest BCUT2D eigenvalue weighted by Gasteiger charge is -2.19. The molecule has 1 N–H and O–H groups in total. The minimum atomic E-state index is -0.270. The number of fused-ring (bicyclic) bond motifs is 1. The van der Waals surface area contributed by atoms with Gasteiger partial charge in [-0.15, -0.1) is 0 Å². The third-order valence-corrected chi connectivity index (χ3v) is 2.90. The fraction of sp³-hybridized carbons (Fsp3) is 0.500. The molecule has 0 saturated carbocycles. The summed E-state index contributed by atoms with van der Waals surface area (Å²) in [6.07, 6.45) is 0.740. The Morgan fingerprint density at radius 3 is 2.71 bits per heavy atom. The number of hydrogen-bond acceptors (Lipinski definition) is 2. The Morgan fingerprint density at radius 1 is 1.36 bits per heavy atom. The monoisotopic (exact) mass is 191 g/mol. The van der Waals surface area contributed by atoms with Crippen molar-refractivity contribution in [2.24, 2.45) is 5.92 Å². The first-order valence-corrected chi connectivity index (χ1v) is 5.09. The molecule has 0 fully saturated rings.